The van der Waals surface area contributed by atoms with Crippen molar-refractivity contribution in [3.8, 4) is 0 Å². The van der Waals surface area contributed by atoms with Gasteiger partial charge < -0.3 is 4.98 Å². The van der Waals surface area contributed by atoms with Crippen molar-refractivity contribution in [1.82, 2.24) is 9.55 Å². The normalized spacial score (nSPS) is 12.2. The van der Waals surface area contributed by atoms with Crippen LogP contribution in [0.25, 0.3) is 11.0 Å². The fraction of sp³-hybridized carbons (Fsp3) is 0.300. The SMILES string of the molecule is CCn1c(=O)[nH]c2cc(C(F)(F)F)ccc21. The highest BCUT2D eigenvalue weighted by Gasteiger charge is 2.30. The Morgan fingerprint density at radius 1 is 1.38 bits per heavy atom. The fourth-order valence-corrected chi connectivity index (χ4v) is 1.65. The maximum absolute atomic E-state index is 12.4. The number of fused-ring (bicyclic) bond motifs is 1. The van der Waals surface area contributed by atoms with Gasteiger partial charge in [-0.15, -0.1) is 0 Å². The van der Waals surface area contributed by atoms with Gasteiger partial charge in [-0.2, -0.15) is 13.2 Å². The van der Waals surface area contributed by atoms with Crippen LogP contribution in [0.4, 0.5) is 13.2 Å². The van der Waals surface area contributed by atoms with Crippen LogP contribution in [0.15, 0.2) is 23.0 Å². The third-order valence-corrected chi connectivity index (χ3v) is 2.42. The highest BCUT2D eigenvalue weighted by Crippen LogP contribution is 2.30. The maximum Gasteiger partial charge on any atom is 0.416 e. The molecule has 1 aromatic heterocycles. The number of aromatic amines is 1. The van der Waals surface area contributed by atoms with Gasteiger partial charge in [-0.25, -0.2) is 4.79 Å². The molecule has 6 heteroatoms. The fourth-order valence-electron chi connectivity index (χ4n) is 1.65. The van der Waals surface area contributed by atoms with Gasteiger partial charge in [-0.05, 0) is 25.1 Å². The van der Waals surface area contributed by atoms with Gasteiger partial charge in [0.2, 0.25) is 0 Å². The third-order valence-electron chi connectivity index (χ3n) is 2.42. The van der Waals surface area contributed by atoms with Gasteiger partial charge in [-0.3, -0.25) is 4.57 Å². The van der Waals surface area contributed by atoms with E-state index in [0.717, 1.165) is 12.1 Å². The van der Waals surface area contributed by atoms with Crippen LogP contribution in [-0.2, 0) is 12.7 Å². The molecule has 0 bridgehead atoms. The van der Waals surface area contributed by atoms with Crippen molar-refractivity contribution in [3.05, 3.63) is 34.2 Å². The first kappa shape index (κ1) is 10.8. The van der Waals surface area contributed by atoms with Crippen LogP contribution >= 0.6 is 0 Å². The molecule has 0 spiro atoms. The van der Waals surface area contributed by atoms with Crippen LogP contribution < -0.4 is 5.69 Å². The summed E-state index contributed by atoms with van der Waals surface area (Å²) in [6, 6.07) is 3.23. The number of alkyl halides is 3. The second-order valence-corrected chi connectivity index (χ2v) is 3.40. The zero-order chi connectivity index (χ0) is 11.9. The molecule has 86 valence electrons. The Balaban J connectivity index is 2.70. The Bertz CT molecular complexity index is 580. The molecule has 0 unspecified atom stereocenters. The molecule has 0 saturated heterocycles. The lowest BCUT2D eigenvalue weighted by Gasteiger charge is -2.06. The molecule has 0 amide bonds. The van der Waals surface area contributed by atoms with E-state index < -0.39 is 17.4 Å². The summed E-state index contributed by atoms with van der Waals surface area (Å²) < 4.78 is 38.6. The molecule has 0 aliphatic rings. The third kappa shape index (κ3) is 1.60. The molecular weight excluding hydrogens is 221 g/mol. The Hall–Kier alpha value is -1.72. The van der Waals surface area contributed by atoms with Gasteiger partial charge in [-0.1, -0.05) is 0 Å². The van der Waals surface area contributed by atoms with Crippen molar-refractivity contribution in [1.29, 1.82) is 0 Å². The van der Waals surface area contributed by atoms with Gasteiger partial charge in [0.15, 0.2) is 0 Å². The van der Waals surface area contributed by atoms with Crippen LogP contribution in [0.3, 0.4) is 0 Å². The van der Waals surface area contributed by atoms with Gasteiger partial charge in [0.05, 0.1) is 16.6 Å². The number of rotatable bonds is 1. The minimum absolute atomic E-state index is 0.210. The van der Waals surface area contributed by atoms with Gasteiger partial charge in [0.1, 0.15) is 0 Å². The summed E-state index contributed by atoms with van der Waals surface area (Å²) in [5.74, 6) is 0. The summed E-state index contributed by atoms with van der Waals surface area (Å²) in [6.45, 7) is 2.18. The number of hydrogen-bond donors (Lipinski definition) is 1. The lowest BCUT2D eigenvalue weighted by Crippen LogP contribution is -2.14. The minimum Gasteiger partial charge on any atom is -0.306 e. The molecule has 1 N–H and O–H groups in total. The van der Waals surface area contributed by atoms with E-state index >= 15 is 0 Å². The van der Waals surface area contributed by atoms with E-state index in [9.17, 15) is 18.0 Å². The maximum atomic E-state index is 12.4. The van der Waals surface area contributed by atoms with Crippen molar-refractivity contribution < 1.29 is 13.2 Å². The highest BCUT2D eigenvalue weighted by atomic mass is 19.4. The molecule has 0 fully saturated rings. The molecule has 1 aromatic carbocycles. The zero-order valence-corrected chi connectivity index (χ0v) is 8.43. The molecule has 0 aliphatic carbocycles. The van der Waals surface area contributed by atoms with Crippen molar-refractivity contribution in [2.45, 2.75) is 19.6 Å². The number of hydrogen-bond acceptors (Lipinski definition) is 1. The number of halogens is 3. The molecule has 2 aromatic rings. The second kappa shape index (κ2) is 3.40. The number of nitrogens with one attached hydrogen (secondary N) is 1. The quantitative estimate of drug-likeness (QED) is 0.802. The molecule has 1 heterocycles. The molecule has 3 nitrogen and oxygen atoms in total. The Labute approximate surface area is 88.5 Å². The van der Waals surface area contributed by atoms with E-state index in [1.165, 1.54) is 10.6 Å². The van der Waals surface area contributed by atoms with Crippen LogP contribution in [0.1, 0.15) is 12.5 Å². The van der Waals surface area contributed by atoms with E-state index in [0.29, 0.717) is 12.1 Å². The monoisotopic (exact) mass is 230 g/mol. The summed E-state index contributed by atoms with van der Waals surface area (Å²) in [6.07, 6.45) is -4.39. The Morgan fingerprint density at radius 3 is 2.62 bits per heavy atom. The van der Waals surface area contributed by atoms with Crippen molar-refractivity contribution in [2.24, 2.45) is 0 Å². The number of H-pyrrole nitrogens is 1. The van der Waals surface area contributed by atoms with Crippen LogP contribution in [0, 0.1) is 0 Å². The topological polar surface area (TPSA) is 37.8 Å². The predicted molar refractivity (Wildman–Crippen MR) is 53.2 cm³/mol. The predicted octanol–water partition coefficient (Wildman–Crippen LogP) is 2.37. The molecule has 2 rings (SSSR count). The zero-order valence-electron chi connectivity index (χ0n) is 8.43. The molecule has 16 heavy (non-hydrogen) atoms. The molecule has 0 radical (unpaired) electrons. The van der Waals surface area contributed by atoms with E-state index in [-0.39, 0.29) is 5.52 Å². The summed E-state index contributed by atoms with van der Waals surface area (Å²) >= 11 is 0. The van der Waals surface area contributed by atoms with E-state index in [1.807, 2.05) is 0 Å². The number of aryl methyl sites for hydroxylation is 1. The summed E-state index contributed by atoms with van der Waals surface area (Å²) in [5, 5.41) is 0. The second-order valence-electron chi connectivity index (χ2n) is 3.40. The van der Waals surface area contributed by atoms with Crippen LogP contribution in [0.2, 0.25) is 0 Å². The Morgan fingerprint density at radius 2 is 2.06 bits per heavy atom. The van der Waals surface area contributed by atoms with Gasteiger partial charge in [0.25, 0.3) is 0 Å². The van der Waals surface area contributed by atoms with Crippen molar-refractivity contribution >= 4 is 11.0 Å². The number of benzene rings is 1. The number of imidazole rings is 1. The van der Waals surface area contributed by atoms with Gasteiger partial charge >= 0.3 is 11.9 Å². The average molecular weight is 230 g/mol. The van der Waals surface area contributed by atoms with Crippen LogP contribution in [0.5, 0.6) is 0 Å². The van der Waals surface area contributed by atoms with E-state index in [2.05, 4.69) is 4.98 Å². The lowest BCUT2D eigenvalue weighted by atomic mass is 10.2. The lowest BCUT2D eigenvalue weighted by molar-refractivity contribution is -0.137. The van der Waals surface area contributed by atoms with Crippen molar-refractivity contribution in [2.75, 3.05) is 0 Å². The molecule has 0 atom stereocenters. The standard InChI is InChI=1S/C10H9F3N2O/c1-2-15-8-4-3-6(10(11,12)13)5-7(8)14-9(15)16/h3-5H,2H2,1H3,(H,14,16). The van der Waals surface area contributed by atoms with E-state index in [1.54, 1.807) is 6.92 Å². The average Bonchev–Trinajstić information content (AvgIpc) is 2.50. The summed E-state index contributed by atoms with van der Waals surface area (Å²) in [5.41, 5.74) is -0.455. The first-order valence-corrected chi connectivity index (χ1v) is 4.73. The molecule has 0 saturated carbocycles. The molecular formula is C10H9F3N2O. The Kier molecular flexibility index (Phi) is 2.29. The molecule has 0 aliphatic heterocycles. The number of aromatic nitrogens is 2. The smallest absolute Gasteiger partial charge is 0.306 e. The van der Waals surface area contributed by atoms with Gasteiger partial charge in [0, 0.05) is 6.54 Å². The van der Waals surface area contributed by atoms with Crippen molar-refractivity contribution in [3.63, 3.8) is 0 Å². The summed E-state index contributed by atoms with van der Waals surface area (Å²) in [4.78, 5) is 13.8. The highest BCUT2D eigenvalue weighted by molar-refractivity contribution is 5.76. The first-order chi connectivity index (χ1) is 7.43. The number of nitrogens with zero attached hydrogens (tertiary/aromatic N) is 1. The van der Waals surface area contributed by atoms with Crippen LogP contribution in [-0.4, -0.2) is 9.55 Å². The minimum atomic E-state index is -4.39. The summed E-state index contributed by atoms with van der Waals surface area (Å²) in [7, 11) is 0. The first-order valence-electron chi connectivity index (χ1n) is 4.73. The van der Waals surface area contributed by atoms with E-state index in [4.69, 9.17) is 0 Å². The largest absolute Gasteiger partial charge is 0.416 e.